The monoisotopic (exact) mass is 388 g/mol. The number of carbonyl (C=O) groups is 1. The van der Waals surface area contributed by atoms with Gasteiger partial charge in [0.05, 0.1) is 6.21 Å². The van der Waals surface area contributed by atoms with E-state index in [0.29, 0.717) is 0 Å². The predicted octanol–water partition coefficient (Wildman–Crippen LogP) is 3.94. The smallest absolute Gasteiger partial charge is 0.260 e. The number of hydrogen-bond donors (Lipinski definition) is 1. The molecule has 5 heteroatoms. The minimum absolute atomic E-state index is 0.0806. The van der Waals surface area contributed by atoms with Crippen LogP contribution in [0.5, 0.6) is 0 Å². The van der Waals surface area contributed by atoms with Crippen molar-refractivity contribution in [1.82, 2.24) is 5.32 Å². The molecule has 0 aliphatic rings. The Labute approximate surface area is 151 Å². The average Bonchev–Trinajstić information content (AvgIpc) is 2.59. The third kappa shape index (κ3) is 6.96. The Hall–Kier alpha value is -2.14. The van der Waals surface area contributed by atoms with E-state index in [1.165, 1.54) is 5.56 Å². The van der Waals surface area contributed by atoms with Crippen molar-refractivity contribution >= 4 is 28.1 Å². The molecular formula is C19H21BrN2O2. The summed E-state index contributed by atoms with van der Waals surface area (Å²) >= 11 is 3.37. The molecule has 0 aromatic heterocycles. The molecule has 0 radical (unpaired) electrons. The first kappa shape index (κ1) is 18.2. The summed E-state index contributed by atoms with van der Waals surface area (Å²) in [6.45, 7) is 1.91. The van der Waals surface area contributed by atoms with Crippen LogP contribution in [0.2, 0.25) is 0 Å². The molecule has 0 fully saturated rings. The molecule has 0 aliphatic carbocycles. The summed E-state index contributed by atoms with van der Waals surface area (Å²) in [4.78, 5) is 16.8. The molecule has 0 saturated heterocycles. The van der Waals surface area contributed by atoms with Gasteiger partial charge in [0, 0.05) is 10.5 Å². The number of aryl methyl sites for hydroxylation is 1. The predicted molar refractivity (Wildman–Crippen MR) is 100 cm³/mol. The molecular weight excluding hydrogens is 368 g/mol. The maximum Gasteiger partial charge on any atom is 0.260 e. The summed E-state index contributed by atoms with van der Waals surface area (Å²) < 4.78 is 1.00. The van der Waals surface area contributed by atoms with Crippen molar-refractivity contribution in [3.63, 3.8) is 0 Å². The van der Waals surface area contributed by atoms with E-state index in [4.69, 9.17) is 4.84 Å². The Morgan fingerprint density at radius 1 is 1.21 bits per heavy atom. The van der Waals surface area contributed by atoms with Crippen molar-refractivity contribution in [2.75, 3.05) is 6.61 Å². The van der Waals surface area contributed by atoms with Gasteiger partial charge >= 0.3 is 0 Å². The normalized spacial score (nSPS) is 12.1. The fraction of sp³-hybridized carbons (Fsp3) is 0.263. The Morgan fingerprint density at radius 3 is 2.62 bits per heavy atom. The van der Waals surface area contributed by atoms with E-state index < -0.39 is 0 Å². The summed E-state index contributed by atoms with van der Waals surface area (Å²) in [6.07, 6.45) is 3.40. The molecule has 0 bridgehead atoms. The van der Waals surface area contributed by atoms with Crippen LogP contribution < -0.4 is 5.32 Å². The lowest BCUT2D eigenvalue weighted by atomic mass is 10.1. The number of amides is 1. The summed E-state index contributed by atoms with van der Waals surface area (Å²) in [6, 6.07) is 18.0. The van der Waals surface area contributed by atoms with Crippen molar-refractivity contribution in [2.24, 2.45) is 5.16 Å². The van der Waals surface area contributed by atoms with E-state index in [0.717, 1.165) is 22.9 Å². The van der Waals surface area contributed by atoms with Gasteiger partial charge in [-0.15, -0.1) is 0 Å². The van der Waals surface area contributed by atoms with E-state index in [1.54, 1.807) is 6.21 Å². The number of halogens is 1. The van der Waals surface area contributed by atoms with Gasteiger partial charge in [0.1, 0.15) is 0 Å². The van der Waals surface area contributed by atoms with Gasteiger partial charge in [-0.25, -0.2) is 0 Å². The van der Waals surface area contributed by atoms with Crippen molar-refractivity contribution in [3.8, 4) is 0 Å². The maximum absolute atomic E-state index is 11.8. The molecule has 0 saturated carbocycles. The maximum atomic E-state index is 11.8. The van der Waals surface area contributed by atoms with E-state index in [-0.39, 0.29) is 18.6 Å². The van der Waals surface area contributed by atoms with E-state index in [9.17, 15) is 4.79 Å². The molecule has 2 rings (SSSR count). The molecule has 126 valence electrons. The summed E-state index contributed by atoms with van der Waals surface area (Å²) in [5.41, 5.74) is 2.18. The number of hydrogen-bond acceptors (Lipinski definition) is 3. The first-order valence-corrected chi connectivity index (χ1v) is 8.67. The lowest BCUT2D eigenvalue weighted by Crippen LogP contribution is -2.35. The number of nitrogens with one attached hydrogen (secondary N) is 1. The van der Waals surface area contributed by atoms with Crippen LogP contribution in [0.1, 0.15) is 24.5 Å². The first-order chi connectivity index (χ1) is 11.6. The van der Waals surface area contributed by atoms with Crippen LogP contribution in [0.3, 0.4) is 0 Å². The number of nitrogens with zero attached hydrogens (tertiary/aromatic N) is 1. The Morgan fingerprint density at radius 2 is 1.92 bits per heavy atom. The van der Waals surface area contributed by atoms with E-state index in [1.807, 2.05) is 49.4 Å². The molecule has 1 N–H and O–H groups in total. The third-order valence-electron chi connectivity index (χ3n) is 3.46. The van der Waals surface area contributed by atoms with Crippen molar-refractivity contribution < 1.29 is 9.63 Å². The summed E-state index contributed by atoms with van der Waals surface area (Å²) in [5.74, 6) is -0.163. The largest absolute Gasteiger partial charge is 0.386 e. The molecule has 2 aromatic rings. The van der Waals surface area contributed by atoms with Crippen LogP contribution >= 0.6 is 15.9 Å². The minimum Gasteiger partial charge on any atom is -0.386 e. The highest BCUT2D eigenvalue weighted by molar-refractivity contribution is 9.10. The molecule has 1 atom stereocenters. The zero-order chi connectivity index (χ0) is 17.2. The van der Waals surface area contributed by atoms with Gasteiger partial charge < -0.3 is 10.2 Å². The van der Waals surface area contributed by atoms with Gasteiger partial charge in [0.15, 0.2) is 6.61 Å². The molecule has 0 aliphatic heterocycles. The van der Waals surface area contributed by atoms with Crippen LogP contribution in [0.15, 0.2) is 64.2 Å². The number of carbonyl (C=O) groups excluding carboxylic acids is 1. The SMILES string of the molecule is C[C@@H](CCc1ccccc1)NC(=O)CO/N=C\c1ccc(Br)cc1. The lowest BCUT2D eigenvalue weighted by Gasteiger charge is -2.13. The zero-order valence-electron chi connectivity index (χ0n) is 13.6. The highest BCUT2D eigenvalue weighted by atomic mass is 79.9. The zero-order valence-corrected chi connectivity index (χ0v) is 15.2. The average molecular weight is 389 g/mol. The van der Waals surface area contributed by atoms with Gasteiger partial charge in [0.25, 0.3) is 5.91 Å². The van der Waals surface area contributed by atoms with Crippen LogP contribution in [0.25, 0.3) is 0 Å². The van der Waals surface area contributed by atoms with Crippen LogP contribution in [-0.4, -0.2) is 24.8 Å². The van der Waals surface area contributed by atoms with E-state index in [2.05, 4.69) is 38.5 Å². The second-order valence-electron chi connectivity index (χ2n) is 5.55. The second-order valence-corrected chi connectivity index (χ2v) is 6.47. The molecule has 0 spiro atoms. The topological polar surface area (TPSA) is 50.7 Å². The fourth-order valence-electron chi connectivity index (χ4n) is 2.16. The summed E-state index contributed by atoms with van der Waals surface area (Å²) in [7, 11) is 0. The van der Waals surface area contributed by atoms with Crippen molar-refractivity contribution in [1.29, 1.82) is 0 Å². The van der Waals surface area contributed by atoms with Gasteiger partial charge in [-0.2, -0.15) is 0 Å². The van der Waals surface area contributed by atoms with E-state index >= 15 is 0 Å². The summed E-state index contributed by atoms with van der Waals surface area (Å²) in [5, 5.41) is 6.72. The van der Waals surface area contributed by atoms with Crippen LogP contribution in [-0.2, 0) is 16.1 Å². The molecule has 0 heterocycles. The Balaban J connectivity index is 1.64. The van der Waals surface area contributed by atoms with Gasteiger partial charge in [-0.3, -0.25) is 4.79 Å². The van der Waals surface area contributed by atoms with Gasteiger partial charge in [0.2, 0.25) is 0 Å². The lowest BCUT2D eigenvalue weighted by molar-refractivity contribution is -0.126. The molecule has 1 amide bonds. The molecule has 2 aromatic carbocycles. The highest BCUT2D eigenvalue weighted by Crippen LogP contribution is 2.09. The minimum atomic E-state index is -0.163. The number of oxime groups is 1. The first-order valence-electron chi connectivity index (χ1n) is 7.87. The quantitative estimate of drug-likeness (QED) is 0.549. The molecule has 4 nitrogen and oxygen atoms in total. The van der Waals surface area contributed by atoms with Crippen molar-refractivity contribution in [2.45, 2.75) is 25.8 Å². The van der Waals surface area contributed by atoms with Crippen LogP contribution in [0, 0.1) is 0 Å². The highest BCUT2D eigenvalue weighted by Gasteiger charge is 2.07. The molecule has 0 unspecified atom stereocenters. The Bertz CT molecular complexity index is 657. The Kier molecular flexibility index (Phi) is 7.49. The third-order valence-corrected chi connectivity index (χ3v) is 3.99. The number of benzene rings is 2. The van der Waals surface area contributed by atoms with Crippen molar-refractivity contribution in [3.05, 3.63) is 70.2 Å². The second kappa shape index (κ2) is 9.88. The standard InChI is InChI=1S/C19H21BrN2O2/c1-15(7-8-16-5-3-2-4-6-16)22-19(23)14-24-21-13-17-9-11-18(20)12-10-17/h2-6,9-13,15H,7-8,14H2,1H3,(H,22,23)/b21-13-/t15-/m0/s1. The van der Waals surface area contributed by atoms with Crippen LogP contribution in [0.4, 0.5) is 0 Å². The van der Waals surface area contributed by atoms with Gasteiger partial charge in [-0.1, -0.05) is 63.6 Å². The molecule has 24 heavy (non-hydrogen) atoms. The fourth-order valence-corrected chi connectivity index (χ4v) is 2.42. The van der Waals surface area contributed by atoms with Gasteiger partial charge in [-0.05, 0) is 43.0 Å². The number of rotatable bonds is 8.